The summed E-state index contributed by atoms with van der Waals surface area (Å²) in [5.41, 5.74) is 8.34. The van der Waals surface area contributed by atoms with Crippen molar-refractivity contribution in [2.45, 2.75) is 37.8 Å². The summed E-state index contributed by atoms with van der Waals surface area (Å²) < 4.78 is 5.31. The molecule has 1 saturated carbocycles. The number of ether oxygens (including phenoxy) is 1. The standard InChI is InChI=1S/C22H23N3O4/c23-21(27)12-9-18-13-25(22(28)29-18)17-7-1-14(2-8-17)15-3-10-19(20(26)11-4-15)24-16-5-6-16/h1-4,7-8,10-11,16,18H,5-6,9,12-13H2,(H2,23,27)(H,24,26). The van der Waals surface area contributed by atoms with Crippen molar-refractivity contribution in [3.8, 4) is 11.1 Å². The maximum Gasteiger partial charge on any atom is 0.414 e. The maximum absolute atomic E-state index is 12.2. The highest BCUT2D eigenvalue weighted by atomic mass is 16.6. The van der Waals surface area contributed by atoms with Crippen molar-refractivity contribution in [2.75, 3.05) is 16.8 Å². The normalized spacial score (nSPS) is 18.4. The van der Waals surface area contributed by atoms with E-state index in [0.717, 1.165) is 29.7 Å². The summed E-state index contributed by atoms with van der Waals surface area (Å²) in [5.74, 6) is -0.406. The zero-order valence-electron chi connectivity index (χ0n) is 16.0. The van der Waals surface area contributed by atoms with Crippen LogP contribution in [0.15, 0.2) is 53.3 Å². The van der Waals surface area contributed by atoms with E-state index in [0.29, 0.717) is 24.7 Å². The van der Waals surface area contributed by atoms with E-state index in [1.807, 2.05) is 36.4 Å². The number of carbonyl (C=O) groups is 2. The van der Waals surface area contributed by atoms with Gasteiger partial charge in [0.1, 0.15) is 6.10 Å². The summed E-state index contributed by atoms with van der Waals surface area (Å²) in [6, 6.07) is 15.1. The van der Waals surface area contributed by atoms with Crippen LogP contribution >= 0.6 is 0 Å². The first-order valence-corrected chi connectivity index (χ1v) is 9.77. The number of anilines is 2. The lowest BCUT2D eigenvalue weighted by molar-refractivity contribution is -0.118. The number of nitrogens with two attached hydrogens (primary N) is 1. The Morgan fingerprint density at radius 1 is 1.03 bits per heavy atom. The van der Waals surface area contributed by atoms with Crippen LogP contribution in [-0.4, -0.2) is 30.7 Å². The highest BCUT2D eigenvalue weighted by Gasteiger charge is 2.32. The monoisotopic (exact) mass is 393 g/mol. The molecule has 2 aromatic carbocycles. The number of hydrogen-bond acceptors (Lipinski definition) is 5. The van der Waals surface area contributed by atoms with Crippen LogP contribution in [0.3, 0.4) is 0 Å². The minimum atomic E-state index is -0.426. The van der Waals surface area contributed by atoms with Crippen molar-refractivity contribution in [1.82, 2.24) is 0 Å². The molecule has 1 heterocycles. The van der Waals surface area contributed by atoms with E-state index in [9.17, 15) is 14.4 Å². The molecule has 2 amide bonds. The van der Waals surface area contributed by atoms with E-state index in [4.69, 9.17) is 10.5 Å². The number of carbonyl (C=O) groups excluding carboxylic acids is 2. The summed E-state index contributed by atoms with van der Waals surface area (Å²) in [7, 11) is 0. The molecule has 1 aliphatic carbocycles. The number of hydrogen-bond donors (Lipinski definition) is 2. The van der Waals surface area contributed by atoms with E-state index >= 15 is 0 Å². The molecule has 1 unspecified atom stereocenters. The van der Waals surface area contributed by atoms with Crippen LogP contribution in [0.25, 0.3) is 11.1 Å². The summed E-state index contributed by atoms with van der Waals surface area (Å²) >= 11 is 0. The number of nitrogens with one attached hydrogen (secondary N) is 1. The first kappa shape index (κ1) is 19.0. The molecule has 0 spiro atoms. The summed E-state index contributed by atoms with van der Waals surface area (Å²) in [6.45, 7) is 0.390. The number of cyclic esters (lactones) is 1. The lowest BCUT2D eigenvalue weighted by Gasteiger charge is -2.13. The molecule has 2 aliphatic rings. The van der Waals surface area contributed by atoms with E-state index in [-0.39, 0.29) is 18.0 Å². The lowest BCUT2D eigenvalue weighted by Crippen LogP contribution is -2.24. The molecule has 3 N–H and O–H groups in total. The highest BCUT2D eigenvalue weighted by molar-refractivity contribution is 5.90. The van der Waals surface area contributed by atoms with Crippen LogP contribution in [0.5, 0.6) is 0 Å². The molecule has 0 aromatic heterocycles. The predicted octanol–water partition coefficient (Wildman–Crippen LogP) is 2.88. The van der Waals surface area contributed by atoms with Gasteiger partial charge in [0.05, 0.1) is 12.2 Å². The second-order valence-corrected chi connectivity index (χ2v) is 7.49. The zero-order chi connectivity index (χ0) is 20.4. The molecule has 29 heavy (non-hydrogen) atoms. The Morgan fingerprint density at radius 2 is 1.69 bits per heavy atom. The molecule has 0 radical (unpaired) electrons. The summed E-state index contributed by atoms with van der Waals surface area (Å²) in [6.07, 6.45) is 2.06. The molecule has 0 bridgehead atoms. The van der Waals surface area contributed by atoms with Crippen molar-refractivity contribution in [3.05, 3.63) is 58.8 Å². The number of rotatable bonds is 7. The number of primary amides is 1. The second-order valence-electron chi connectivity index (χ2n) is 7.49. The fourth-order valence-corrected chi connectivity index (χ4v) is 3.35. The molecule has 7 heteroatoms. The fourth-order valence-electron chi connectivity index (χ4n) is 3.35. The topological polar surface area (TPSA) is 102 Å². The smallest absolute Gasteiger partial charge is 0.414 e. The largest absolute Gasteiger partial charge is 0.444 e. The van der Waals surface area contributed by atoms with E-state index in [1.165, 1.54) is 0 Å². The second kappa shape index (κ2) is 7.95. The van der Waals surface area contributed by atoms with Gasteiger partial charge in [-0.05, 0) is 54.7 Å². The molecule has 4 rings (SSSR count). The van der Waals surface area contributed by atoms with Crippen molar-refractivity contribution in [2.24, 2.45) is 5.73 Å². The Hall–Kier alpha value is -3.35. The quantitative estimate of drug-likeness (QED) is 0.753. The molecule has 1 aliphatic heterocycles. The van der Waals surface area contributed by atoms with Gasteiger partial charge >= 0.3 is 6.09 Å². The number of benzene rings is 1. The van der Waals surface area contributed by atoms with Gasteiger partial charge in [-0.15, -0.1) is 0 Å². The first-order chi connectivity index (χ1) is 14.0. The van der Waals surface area contributed by atoms with Gasteiger partial charge in [0.15, 0.2) is 0 Å². The number of amides is 2. The molecule has 1 atom stereocenters. The molecule has 2 fully saturated rings. The first-order valence-electron chi connectivity index (χ1n) is 9.77. The number of nitrogens with zero attached hydrogens (tertiary/aromatic N) is 1. The Labute approximate surface area is 168 Å². The highest BCUT2D eigenvalue weighted by Crippen LogP contribution is 2.27. The van der Waals surface area contributed by atoms with E-state index in [2.05, 4.69) is 5.32 Å². The Balaban J connectivity index is 1.48. The minimum absolute atomic E-state index is 0.0263. The van der Waals surface area contributed by atoms with Crippen LogP contribution in [0.1, 0.15) is 25.7 Å². The average molecular weight is 393 g/mol. The predicted molar refractivity (Wildman–Crippen MR) is 111 cm³/mol. The van der Waals surface area contributed by atoms with Gasteiger partial charge in [-0.3, -0.25) is 14.5 Å². The molecular formula is C22H23N3O4. The van der Waals surface area contributed by atoms with Crippen LogP contribution in [0.2, 0.25) is 0 Å². The Bertz CT molecular complexity index is 986. The van der Waals surface area contributed by atoms with Crippen LogP contribution in [-0.2, 0) is 9.53 Å². The average Bonchev–Trinajstić information content (AvgIpc) is 3.48. The third-order valence-electron chi connectivity index (χ3n) is 5.15. The van der Waals surface area contributed by atoms with Crippen molar-refractivity contribution < 1.29 is 14.3 Å². The zero-order valence-corrected chi connectivity index (χ0v) is 16.0. The third kappa shape index (κ3) is 4.56. The Kier molecular flexibility index (Phi) is 5.20. The molecule has 150 valence electrons. The molecule has 7 nitrogen and oxygen atoms in total. The molecule has 2 aromatic rings. The van der Waals surface area contributed by atoms with Crippen molar-refractivity contribution in [1.29, 1.82) is 0 Å². The van der Waals surface area contributed by atoms with Crippen molar-refractivity contribution in [3.63, 3.8) is 0 Å². The minimum Gasteiger partial charge on any atom is -0.444 e. The Morgan fingerprint density at radius 3 is 2.34 bits per heavy atom. The van der Waals surface area contributed by atoms with Gasteiger partial charge < -0.3 is 15.8 Å². The molecular weight excluding hydrogens is 370 g/mol. The van der Waals surface area contributed by atoms with Crippen LogP contribution in [0.4, 0.5) is 16.2 Å². The van der Waals surface area contributed by atoms with Gasteiger partial charge in [-0.2, -0.15) is 0 Å². The van der Waals surface area contributed by atoms with Gasteiger partial charge in [-0.25, -0.2) is 4.79 Å². The van der Waals surface area contributed by atoms with Crippen LogP contribution in [0, 0.1) is 0 Å². The summed E-state index contributed by atoms with van der Waals surface area (Å²) in [4.78, 5) is 36.8. The van der Waals surface area contributed by atoms with Gasteiger partial charge in [0, 0.05) is 18.2 Å². The van der Waals surface area contributed by atoms with Gasteiger partial charge in [0.25, 0.3) is 0 Å². The SMILES string of the molecule is NC(=O)CCC1CN(c2ccc(-c3ccc(NC4CC4)c(=O)cc3)cc2)C(=O)O1. The summed E-state index contributed by atoms with van der Waals surface area (Å²) in [5, 5.41) is 3.26. The van der Waals surface area contributed by atoms with E-state index < -0.39 is 12.0 Å². The van der Waals surface area contributed by atoms with Gasteiger partial charge in [0.2, 0.25) is 11.3 Å². The van der Waals surface area contributed by atoms with Gasteiger partial charge in [-0.1, -0.05) is 24.3 Å². The fraction of sp³-hybridized carbons (Fsp3) is 0.318. The lowest BCUT2D eigenvalue weighted by atomic mass is 10.1. The molecule has 1 saturated heterocycles. The van der Waals surface area contributed by atoms with Crippen LogP contribution < -0.4 is 21.4 Å². The maximum atomic E-state index is 12.2. The van der Waals surface area contributed by atoms with E-state index in [1.54, 1.807) is 17.0 Å². The van der Waals surface area contributed by atoms with Crippen molar-refractivity contribution >= 4 is 23.4 Å². The third-order valence-corrected chi connectivity index (χ3v) is 5.15.